The Labute approximate surface area is 145 Å². The van der Waals surface area contributed by atoms with Gasteiger partial charge in [0, 0.05) is 18.0 Å². The van der Waals surface area contributed by atoms with Crippen molar-refractivity contribution in [2.24, 2.45) is 0 Å². The Kier molecular flexibility index (Phi) is 8.25. The van der Waals surface area contributed by atoms with Crippen LogP contribution in [0.3, 0.4) is 0 Å². The van der Waals surface area contributed by atoms with Crippen molar-refractivity contribution in [2.75, 3.05) is 13.4 Å². The number of ether oxygens (including phenoxy) is 2. The first-order valence-electron chi connectivity index (χ1n) is 8.95. The van der Waals surface area contributed by atoms with Gasteiger partial charge in [0.25, 0.3) is 0 Å². The summed E-state index contributed by atoms with van der Waals surface area (Å²) >= 11 is 0. The first-order chi connectivity index (χ1) is 11.8. The van der Waals surface area contributed by atoms with Gasteiger partial charge in [-0.3, -0.25) is 0 Å². The largest absolute Gasteiger partial charge is 0.468 e. The Morgan fingerprint density at radius 1 is 0.875 bits per heavy atom. The average Bonchev–Trinajstić information content (AvgIpc) is 2.64. The molecule has 0 N–H and O–H groups in total. The van der Waals surface area contributed by atoms with Crippen LogP contribution < -0.4 is 4.74 Å². The van der Waals surface area contributed by atoms with Crippen LogP contribution in [0.2, 0.25) is 0 Å². The Morgan fingerprint density at radius 3 is 2.29 bits per heavy atom. The molecule has 24 heavy (non-hydrogen) atoms. The number of benzene rings is 1. The first-order valence-corrected chi connectivity index (χ1v) is 8.95. The van der Waals surface area contributed by atoms with E-state index in [9.17, 15) is 0 Å². The summed E-state index contributed by atoms with van der Waals surface area (Å²) in [5.74, 6) is 1.54. The fourth-order valence-electron chi connectivity index (χ4n) is 2.40. The second-order valence-corrected chi connectivity index (χ2v) is 5.92. The third-order valence-corrected chi connectivity index (χ3v) is 3.79. The minimum atomic E-state index is 0.288. The maximum absolute atomic E-state index is 5.52. The van der Waals surface area contributed by atoms with Gasteiger partial charge in [-0.05, 0) is 49.1 Å². The highest BCUT2D eigenvalue weighted by Gasteiger charge is 2.03. The van der Waals surface area contributed by atoms with E-state index in [1.165, 1.54) is 31.2 Å². The molecular weight excluding hydrogens is 300 g/mol. The molecule has 1 aromatic carbocycles. The SMILES string of the molecule is CCCCCCc1cnc(-c2ccc(OCOCCC)cc2)nc1. The van der Waals surface area contributed by atoms with Crippen LogP contribution in [-0.4, -0.2) is 23.4 Å². The lowest BCUT2D eigenvalue weighted by atomic mass is 10.1. The standard InChI is InChI=1S/C20H28N2O2/c1-3-5-6-7-8-17-14-21-20(22-15-17)18-9-11-19(12-10-18)24-16-23-13-4-2/h9-12,14-15H,3-8,13,16H2,1-2H3. The molecule has 0 radical (unpaired) electrons. The smallest absolute Gasteiger partial charge is 0.189 e. The van der Waals surface area contributed by atoms with Crippen LogP contribution in [0.4, 0.5) is 0 Å². The molecule has 2 aromatic rings. The fraction of sp³-hybridized carbons (Fsp3) is 0.500. The third kappa shape index (κ3) is 6.28. The highest BCUT2D eigenvalue weighted by atomic mass is 16.7. The maximum atomic E-state index is 5.52. The van der Waals surface area contributed by atoms with Gasteiger partial charge in [0.1, 0.15) is 5.75 Å². The molecule has 2 rings (SSSR count). The summed E-state index contributed by atoms with van der Waals surface area (Å²) in [6, 6.07) is 7.80. The quantitative estimate of drug-likeness (QED) is 0.429. The lowest BCUT2D eigenvalue weighted by Gasteiger charge is -2.07. The van der Waals surface area contributed by atoms with Crippen LogP contribution in [-0.2, 0) is 11.2 Å². The van der Waals surface area contributed by atoms with Gasteiger partial charge >= 0.3 is 0 Å². The molecular formula is C20H28N2O2. The molecule has 0 saturated heterocycles. The normalized spacial score (nSPS) is 10.8. The van der Waals surface area contributed by atoms with E-state index in [2.05, 4.69) is 23.8 Å². The van der Waals surface area contributed by atoms with Crippen molar-refractivity contribution in [2.45, 2.75) is 52.4 Å². The van der Waals surface area contributed by atoms with Gasteiger partial charge in [-0.2, -0.15) is 0 Å². The number of rotatable bonds is 11. The zero-order chi connectivity index (χ0) is 17.0. The van der Waals surface area contributed by atoms with E-state index < -0.39 is 0 Å². The third-order valence-electron chi connectivity index (χ3n) is 3.79. The molecule has 0 aliphatic rings. The van der Waals surface area contributed by atoms with Crippen LogP contribution in [0.15, 0.2) is 36.7 Å². The molecule has 1 aromatic heterocycles. The molecule has 0 atom stereocenters. The molecule has 0 saturated carbocycles. The number of nitrogens with zero attached hydrogens (tertiary/aromatic N) is 2. The van der Waals surface area contributed by atoms with Crippen LogP contribution in [0, 0.1) is 0 Å². The van der Waals surface area contributed by atoms with E-state index in [-0.39, 0.29) is 6.79 Å². The lowest BCUT2D eigenvalue weighted by Crippen LogP contribution is -2.03. The monoisotopic (exact) mass is 328 g/mol. The number of hydrogen-bond donors (Lipinski definition) is 0. The van der Waals surface area contributed by atoms with Gasteiger partial charge in [0.05, 0.1) is 6.61 Å². The summed E-state index contributed by atoms with van der Waals surface area (Å²) < 4.78 is 10.8. The Morgan fingerprint density at radius 2 is 1.62 bits per heavy atom. The van der Waals surface area contributed by atoms with Gasteiger partial charge in [-0.25, -0.2) is 9.97 Å². The molecule has 0 fully saturated rings. The van der Waals surface area contributed by atoms with E-state index in [4.69, 9.17) is 9.47 Å². The molecule has 1 heterocycles. The van der Waals surface area contributed by atoms with Gasteiger partial charge in [0.2, 0.25) is 0 Å². The van der Waals surface area contributed by atoms with Crippen LogP contribution >= 0.6 is 0 Å². The molecule has 0 amide bonds. The zero-order valence-corrected chi connectivity index (χ0v) is 14.8. The number of hydrogen-bond acceptors (Lipinski definition) is 4. The second kappa shape index (κ2) is 10.8. The van der Waals surface area contributed by atoms with E-state index in [1.807, 2.05) is 36.7 Å². The molecule has 0 unspecified atom stereocenters. The van der Waals surface area contributed by atoms with E-state index in [0.717, 1.165) is 36.6 Å². The molecule has 4 heteroatoms. The van der Waals surface area contributed by atoms with Crippen LogP contribution in [0.1, 0.15) is 51.5 Å². The van der Waals surface area contributed by atoms with Crippen molar-refractivity contribution in [1.82, 2.24) is 9.97 Å². The highest BCUT2D eigenvalue weighted by Crippen LogP contribution is 2.19. The van der Waals surface area contributed by atoms with Crippen molar-refractivity contribution < 1.29 is 9.47 Å². The fourth-order valence-corrected chi connectivity index (χ4v) is 2.40. The maximum Gasteiger partial charge on any atom is 0.189 e. The zero-order valence-electron chi connectivity index (χ0n) is 14.8. The number of aryl methyl sites for hydroxylation is 1. The second-order valence-electron chi connectivity index (χ2n) is 5.92. The minimum Gasteiger partial charge on any atom is -0.468 e. The van der Waals surface area contributed by atoms with Crippen molar-refractivity contribution in [3.63, 3.8) is 0 Å². The summed E-state index contributed by atoms with van der Waals surface area (Å²) in [6.07, 6.45) is 11.0. The Balaban J connectivity index is 1.84. The highest BCUT2D eigenvalue weighted by molar-refractivity contribution is 5.55. The van der Waals surface area contributed by atoms with Crippen LogP contribution in [0.5, 0.6) is 5.75 Å². The van der Waals surface area contributed by atoms with E-state index >= 15 is 0 Å². The van der Waals surface area contributed by atoms with E-state index in [1.54, 1.807) is 0 Å². The van der Waals surface area contributed by atoms with Crippen molar-refractivity contribution in [1.29, 1.82) is 0 Å². The van der Waals surface area contributed by atoms with Crippen molar-refractivity contribution in [3.8, 4) is 17.1 Å². The molecule has 0 spiro atoms. The van der Waals surface area contributed by atoms with Crippen molar-refractivity contribution >= 4 is 0 Å². The summed E-state index contributed by atoms with van der Waals surface area (Å²) in [5, 5.41) is 0. The number of unbranched alkanes of at least 4 members (excludes halogenated alkanes) is 3. The Bertz CT molecular complexity index is 514. The lowest BCUT2D eigenvalue weighted by molar-refractivity contribution is 0.0157. The first kappa shape index (κ1) is 18.4. The predicted octanol–water partition coefficient (Wildman–Crippen LogP) is 5.03. The molecule has 0 bridgehead atoms. The number of aromatic nitrogens is 2. The summed E-state index contributed by atoms with van der Waals surface area (Å²) in [6.45, 7) is 5.31. The van der Waals surface area contributed by atoms with Crippen LogP contribution in [0.25, 0.3) is 11.4 Å². The van der Waals surface area contributed by atoms with Gasteiger partial charge < -0.3 is 9.47 Å². The van der Waals surface area contributed by atoms with Gasteiger partial charge in [-0.15, -0.1) is 0 Å². The summed E-state index contributed by atoms with van der Waals surface area (Å²) in [4.78, 5) is 8.97. The molecule has 0 aliphatic heterocycles. The Hall–Kier alpha value is -1.94. The van der Waals surface area contributed by atoms with Gasteiger partial charge in [-0.1, -0.05) is 33.1 Å². The van der Waals surface area contributed by atoms with Crippen molar-refractivity contribution in [3.05, 3.63) is 42.2 Å². The predicted molar refractivity (Wildman–Crippen MR) is 97.1 cm³/mol. The van der Waals surface area contributed by atoms with Gasteiger partial charge in [0.15, 0.2) is 12.6 Å². The summed E-state index contributed by atoms with van der Waals surface area (Å²) in [5.41, 5.74) is 2.21. The minimum absolute atomic E-state index is 0.288. The summed E-state index contributed by atoms with van der Waals surface area (Å²) in [7, 11) is 0. The molecule has 130 valence electrons. The topological polar surface area (TPSA) is 44.2 Å². The average molecular weight is 328 g/mol. The molecule has 0 aliphatic carbocycles. The molecule has 4 nitrogen and oxygen atoms in total. The van der Waals surface area contributed by atoms with E-state index in [0.29, 0.717) is 0 Å².